The zero-order chi connectivity index (χ0) is 23.0. The molecule has 1 saturated carbocycles. The highest BCUT2D eigenvalue weighted by Crippen LogP contribution is 2.46. The molecule has 0 saturated heterocycles. The van der Waals surface area contributed by atoms with Gasteiger partial charge < -0.3 is 0 Å². The van der Waals surface area contributed by atoms with Gasteiger partial charge in [0.05, 0.1) is 11.5 Å². The lowest BCUT2D eigenvalue weighted by atomic mass is 9.63. The van der Waals surface area contributed by atoms with Crippen LogP contribution in [0.1, 0.15) is 76.8 Å². The molecule has 2 aromatic carbocycles. The van der Waals surface area contributed by atoms with Crippen LogP contribution >= 0.6 is 11.6 Å². The highest BCUT2D eigenvalue weighted by molar-refractivity contribution is 6.31. The van der Waals surface area contributed by atoms with E-state index in [4.69, 9.17) is 11.6 Å². The van der Waals surface area contributed by atoms with Gasteiger partial charge in [-0.15, -0.1) is 0 Å². The maximum Gasteiger partial charge on any atom is 0.0865 e. The molecule has 0 aliphatic heterocycles. The fraction of sp³-hybridized carbons (Fsp3) is 0.552. The van der Waals surface area contributed by atoms with Crippen LogP contribution in [0.25, 0.3) is 0 Å². The Balaban J connectivity index is 1.78. The minimum Gasteiger partial charge on any atom is -0.298 e. The van der Waals surface area contributed by atoms with Gasteiger partial charge in [0.25, 0.3) is 0 Å². The molecular weight excluding hydrogens is 412 g/mol. The average molecular weight is 451 g/mol. The Morgan fingerprint density at radius 3 is 2.28 bits per heavy atom. The van der Waals surface area contributed by atoms with Crippen molar-refractivity contribution in [2.24, 2.45) is 5.92 Å². The van der Waals surface area contributed by atoms with E-state index in [1.807, 2.05) is 18.2 Å². The largest absolute Gasteiger partial charge is 0.298 e. The third-order valence-corrected chi connectivity index (χ3v) is 7.87. The van der Waals surface area contributed by atoms with Gasteiger partial charge in [0.15, 0.2) is 0 Å². The van der Waals surface area contributed by atoms with Crippen LogP contribution < -0.4 is 0 Å². The highest BCUT2D eigenvalue weighted by Gasteiger charge is 2.42. The van der Waals surface area contributed by atoms with Crippen LogP contribution in [-0.2, 0) is 11.8 Å². The summed E-state index contributed by atoms with van der Waals surface area (Å²) in [5.74, 6) is 0.394. The molecule has 1 aliphatic carbocycles. The number of nitriles is 1. The summed E-state index contributed by atoms with van der Waals surface area (Å²) in [6.45, 7) is 7.95. The summed E-state index contributed by atoms with van der Waals surface area (Å²) in [6.07, 6.45) is 8.93. The van der Waals surface area contributed by atoms with Crippen molar-refractivity contribution >= 4 is 11.6 Å². The highest BCUT2D eigenvalue weighted by atomic mass is 35.5. The molecular formula is C29H39ClN2. The van der Waals surface area contributed by atoms with Crippen molar-refractivity contribution in [3.8, 4) is 6.07 Å². The average Bonchev–Trinajstić information content (AvgIpc) is 2.82. The Hall–Kier alpha value is -1.82. The van der Waals surface area contributed by atoms with E-state index in [1.165, 1.54) is 24.8 Å². The number of hydrogen-bond donors (Lipinski definition) is 0. The predicted molar refractivity (Wildman–Crippen MR) is 136 cm³/mol. The molecule has 2 unspecified atom stereocenters. The monoisotopic (exact) mass is 450 g/mol. The fourth-order valence-electron chi connectivity index (χ4n) is 5.68. The van der Waals surface area contributed by atoms with Gasteiger partial charge in [0.2, 0.25) is 0 Å². The SMILES string of the molecule is CC(C)N(CCc1ccccc1)C(C)CCC(C#N)(c1ccccc1Cl)C1CCCCC1. The zero-order valence-corrected chi connectivity index (χ0v) is 20.8. The lowest BCUT2D eigenvalue weighted by molar-refractivity contribution is 0.142. The second-order valence-electron chi connectivity index (χ2n) is 9.85. The Kier molecular flexibility index (Phi) is 9.21. The number of rotatable bonds is 10. The molecule has 0 bridgehead atoms. The summed E-state index contributed by atoms with van der Waals surface area (Å²) >= 11 is 6.69. The van der Waals surface area contributed by atoms with Gasteiger partial charge >= 0.3 is 0 Å². The molecule has 1 fully saturated rings. The lowest BCUT2D eigenvalue weighted by Gasteiger charge is -2.40. The topological polar surface area (TPSA) is 27.0 Å². The first-order valence-electron chi connectivity index (χ1n) is 12.4. The van der Waals surface area contributed by atoms with Crippen molar-refractivity contribution in [2.75, 3.05) is 6.54 Å². The van der Waals surface area contributed by atoms with E-state index in [1.54, 1.807) is 0 Å². The maximum atomic E-state index is 10.6. The number of nitrogens with zero attached hydrogens (tertiary/aromatic N) is 2. The molecule has 0 N–H and O–H groups in total. The van der Waals surface area contributed by atoms with E-state index < -0.39 is 5.41 Å². The Labute approximate surface area is 200 Å². The number of halogens is 1. The maximum absolute atomic E-state index is 10.6. The second kappa shape index (κ2) is 11.9. The Morgan fingerprint density at radius 2 is 1.66 bits per heavy atom. The van der Waals surface area contributed by atoms with Gasteiger partial charge in [-0.25, -0.2) is 0 Å². The minimum atomic E-state index is -0.491. The summed E-state index contributed by atoms with van der Waals surface area (Å²) in [5, 5.41) is 11.3. The number of benzene rings is 2. The normalized spacial score (nSPS) is 17.8. The van der Waals surface area contributed by atoms with Crippen LogP contribution in [0.15, 0.2) is 54.6 Å². The first-order valence-corrected chi connectivity index (χ1v) is 12.8. The molecule has 0 amide bonds. The standard InChI is InChI=1S/C29H39ClN2/c1-23(2)32(21-19-25-12-6-4-7-13-25)24(3)18-20-29(22-31,26-14-8-5-9-15-26)27-16-10-11-17-28(27)30/h4,6-7,10-13,16-17,23-24,26H,5,8-9,14-15,18-21H2,1-3H3. The first kappa shape index (κ1) is 24.8. The summed E-state index contributed by atoms with van der Waals surface area (Å²) in [5.41, 5.74) is 1.94. The smallest absolute Gasteiger partial charge is 0.0865 e. The molecule has 32 heavy (non-hydrogen) atoms. The summed E-state index contributed by atoms with van der Waals surface area (Å²) in [7, 11) is 0. The molecule has 0 aromatic heterocycles. The van der Waals surface area contributed by atoms with Crippen molar-refractivity contribution in [1.82, 2.24) is 4.90 Å². The molecule has 2 aromatic rings. The van der Waals surface area contributed by atoms with Crippen molar-refractivity contribution in [2.45, 2.75) is 89.6 Å². The van der Waals surface area contributed by atoms with Crippen LogP contribution in [0, 0.1) is 17.2 Å². The van der Waals surface area contributed by atoms with E-state index in [0.29, 0.717) is 18.0 Å². The first-order chi connectivity index (χ1) is 15.5. The second-order valence-corrected chi connectivity index (χ2v) is 10.3. The molecule has 0 spiro atoms. The minimum absolute atomic E-state index is 0.394. The van der Waals surface area contributed by atoms with Crippen molar-refractivity contribution in [3.05, 3.63) is 70.7 Å². The molecule has 0 radical (unpaired) electrons. The van der Waals surface area contributed by atoms with E-state index >= 15 is 0 Å². The third-order valence-electron chi connectivity index (χ3n) is 7.54. The Morgan fingerprint density at radius 1 is 1.00 bits per heavy atom. The van der Waals surface area contributed by atoms with Crippen molar-refractivity contribution < 1.29 is 0 Å². The van der Waals surface area contributed by atoms with E-state index in [9.17, 15) is 5.26 Å². The predicted octanol–water partition coefficient (Wildman–Crippen LogP) is 7.80. The van der Waals surface area contributed by atoms with Crippen LogP contribution in [0.5, 0.6) is 0 Å². The molecule has 3 heteroatoms. The summed E-state index contributed by atoms with van der Waals surface area (Å²) in [6, 6.07) is 22.5. The van der Waals surface area contributed by atoms with Gasteiger partial charge in [-0.3, -0.25) is 4.90 Å². The van der Waals surface area contributed by atoms with Gasteiger partial charge in [0, 0.05) is 23.7 Å². The van der Waals surface area contributed by atoms with E-state index in [0.717, 1.165) is 49.2 Å². The molecule has 172 valence electrons. The molecule has 0 heterocycles. The lowest BCUT2D eigenvalue weighted by Crippen LogP contribution is -2.42. The van der Waals surface area contributed by atoms with Crippen LogP contribution in [0.2, 0.25) is 5.02 Å². The third kappa shape index (κ3) is 5.94. The van der Waals surface area contributed by atoms with E-state index in [-0.39, 0.29) is 0 Å². The van der Waals surface area contributed by atoms with Crippen molar-refractivity contribution in [1.29, 1.82) is 5.26 Å². The zero-order valence-electron chi connectivity index (χ0n) is 20.1. The molecule has 1 aliphatic rings. The van der Waals surface area contributed by atoms with Gasteiger partial charge in [-0.05, 0) is 76.0 Å². The molecule has 2 nitrogen and oxygen atoms in total. The van der Waals surface area contributed by atoms with Gasteiger partial charge in [-0.2, -0.15) is 5.26 Å². The quantitative estimate of drug-likeness (QED) is 0.369. The number of hydrogen-bond acceptors (Lipinski definition) is 2. The van der Waals surface area contributed by atoms with Gasteiger partial charge in [0.1, 0.15) is 0 Å². The van der Waals surface area contributed by atoms with Crippen LogP contribution in [0.3, 0.4) is 0 Å². The van der Waals surface area contributed by atoms with Crippen LogP contribution in [0.4, 0.5) is 0 Å². The molecule has 2 atom stereocenters. The Bertz CT molecular complexity index is 866. The summed E-state index contributed by atoms with van der Waals surface area (Å²) in [4.78, 5) is 2.60. The fourth-order valence-corrected chi connectivity index (χ4v) is 5.98. The van der Waals surface area contributed by atoms with E-state index in [2.05, 4.69) is 68.1 Å². The molecule has 3 rings (SSSR count). The summed E-state index contributed by atoms with van der Waals surface area (Å²) < 4.78 is 0. The van der Waals surface area contributed by atoms with Gasteiger partial charge in [-0.1, -0.05) is 79.4 Å². The van der Waals surface area contributed by atoms with Crippen molar-refractivity contribution in [3.63, 3.8) is 0 Å². The van der Waals surface area contributed by atoms with Crippen LogP contribution in [-0.4, -0.2) is 23.5 Å².